The SMILES string of the molecule is CNC(=O)COc1cc2cc(Nc3nc(N4CCC(O)CC4)ncc3Cl)ccc2n(C(C)C)c1=O.O=C1CCC(N2Cc3c(F)c(F)cc(N4CCN(C5CCC5)CC4)c3C2=O)C(=O)N1. The van der Waals surface area contributed by atoms with Gasteiger partial charge in [-0.3, -0.25) is 34.2 Å². The highest BCUT2D eigenvalue weighted by atomic mass is 35.5. The average Bonchev–Trinajstić information content (AvgIpc) is 3.61. The maximum absolute atomic E-state index is 14.6. The Balaban J connectivity index is 0.000000179. The minimum Gasteiger partial charge on any atom is -0.478 e. The van der Waals surface area contributed by atoms with E-state index in [-0.39, 0.29) is 72.4 Å². The van der Waals surface area contributed by atoms with Crippen molar-refractivity contribution in [2.45, 2.75) is 89.6 Å². The Hall–Kier alpha value is -5.92. The number of benzene rings is 2. The van der Waals surface area contributed by atoms with Crippen LogP contribution in [0.5, 0.6) is 5.75 Å². The molecule has 4 aromatic rings. The molecule has 2 aromatic heterocycles. The molecule has 1 aliphatic carbocycles. The predicted molar refractivity (Wildman–Crippen MR) is 240 cm³/mol. The lowest BCUT2D eigenvalue weighted by Gasteiger charge is -2.43. The summed E-state index contributed by atoms with van der Waals surface area (Å²) in [5, 5.41) is 18.8. The molecule has 9 rings (SSSR count). The maximum Gasteiger partial charge on any atom is 0.293 e. The average molecular weight is 919 g/mol. The number of imide groups is 1. The lowest BCUT2D eigenvalue weighted by atomic mass is 9.91. The molecule has 1 atom stereocenters. The lowest BCUT2D eigenvalue weighted by Crippen LogP contribution is -2.53. The highest BCUT2D eigenvalue weighted by molar-refractivity contribution is 6.33. The monoisotopic (exact) mass is 918 g/mol. The third-order valence-corrected chi connectivity index (χ3v) is 13.1. The van der Waals surface area contributed by atoms with E-state index in [0.29, 0.717) is 73.2 Å². The number of amides is 4. The molecule has 1 unspecified atom stereocenters. The van der Waals surface area contributed by atoms with Gasteiger partial charge in [0.05, 0.1) is 35.6 Å². The molecule has 3 saturated heterocycles. The number of hydrogen-bond donors (Lipinski definition) is 4. The van der Waals surface area contributed by atoms with Crippen LogP contribution in [0.4, 0.5) is 31.9 Å². The Morgan fingerprint density at radius 2 is 1.72 bits per heavy atom. The fourth-order valence-corrected chi connectivity index (χ4v) is 9.17. The fraction of sp³-hybridized carbons (Fsp3) is 0.489. The third kappa shape index (κ3) is 9.58. The molecule has 0 spiro atoms. The van der Waals surface area contributed by atoms with Crippen molar-refractivity contribution in [3.8, 4) is 5.75 Å². The molecular weight excluding hydrogens is 866 g/mol. The van der Waals surface area contributed by atoms with E-state index in [1.807, 2.05) is 41.8 Å². The van der Waals surface area contributed by atoms with Crippen LogP contribution in [0, 0.1) is 11.6 Å². The zero-order chi connectivity index (χ0) is 46.1. The number of fused-ring (bicyclic) bond motifs is 2. The number of carbonyl (C=O) groups is 4. The zero-order valence-corrected chi connectivity index (χ0v) is 37.3. The van der Waals surface area contributed by atoms with E-state index in [1.165, 1.54) is 31.2 Å². The first-order chi connectivity index (χ1) is 31.2. The van der Waals surface area contributed by atoms with Crippen LogP contribution >= 0.6 is 11.6 Å². The van der Waals surface area contributed by atoms with Crippen LogP contribution < -0.4 is 36.0 Å². The van der Waals surface area contributed by atoms with Gasteiger partial charge in [-0.25, -0.2) is 13.8 Å². The first-order valence-electron chi connectivity index (χ1n) is 22.1. The summed E-state index contributed by atoms with van der Waals surface area (Å²) < 4.78 is 36.2. The predicted octanol–water partition coefficient (Wildman–Crippen LogP) is 4.26. The van der Waals surface area contributed by atoms with Gasteiger partial charge in [0.25, 0.3) is 17.4 Å². The number of rotatable bonds is 10. The van der Waals surface area contributed by atoms with Gasteiger partial charge in [0, 0.05) is 87.5 Å². The van der Waals surface area contributed by atoms with Crippen molar-refractivity contribution in [2.75, 3.05) is 68.0 Å². The van der Waals surface area contributed by atoms with E-state index in [4.69, 9.17) is 16.3 Å². The van der Waals surface area contributed by atoms with E-state index in [2.05, 4.69) is 30.8 Å². The second-order valence-corrected chi connectivity index (χ2v) is 17.7. The van der Waals surface area contributed by atoms with Crippen LogP contribution in [-0.2, 0) is 20.9 Å². The number of carbonyl (C=O) groups excluding carboxylic acids is 4. The quantitative estimate of drug-likeness (QED) is 0.165. The largest absolute Gasteiger partial charge is 0.478 e. The minimum absolute atomic E-state index is 0.00104. The Bertz CT molecular complexity index is 2560. The van der Waals surface area contributed by atoms with Crippen LogP contribution in [0.2, 0.25) is 5.02 Å². The van der Waals surface area contributed by atoms with E-state index < -0.39 is 29.5 Å². The molecule has 4 fully saturated rings. The molecule has 1 saturated carbocycles. The van der Waals surface area contributed by atoms with Gasteiger partial charge in [0.2, 0.25) is 17.8 Å². The summed E-state index contributed by atoms with van der Waals surface area (Å²) in [5.41, 5.74) is 1.70. The minimum atomic E-state index is -1.04. The number of aliphatic hydroxyl groups excluding tert-OH is 1. The third-order valence-electron chi connectivity index (χ3n) is 12.8. The van der Waals surface area contributed by atoms with Gasteiger partial charge in [-0.1, -0.05) is 18.0 Å². The second kappa shape index (κ2) is 19.3. The summed E-state index contributed by atoms with van der Waals surface area (Å²) in [5.74, 6) is -2.68. The van der Waals surface area contributed by atoms with E-state index in [9.17, 15) is 37.9 Å². The Morgan fingerprint density at radius 1 is 0.985 bits per heavy atom. The number of aromatic nitrogens is 3. The summed E-state index contributed by atoms with van der Waals surface area (Å²) in [4.78, 5) is 78.1. The van der Waals surface area contributed by atoms with Crippen molar-refractivity contribution in [1.29, 1.82) is 0 Å². The number of aliphatic hydroxyl groups is 1. The Kier molecular flexibility index (Phi) is 13.5. The van der Waals surface area contributed by atoms with Crippen molar-refractivity contribution < 1.29 is 37.8 Å². The van der Waals surface area contributed by atoms with Crippen molar-refractivity contribution in [3.05, 3.63) is 74.7 Å². The number of likely N-dealkylation sites (N-methyl/N-ethyl adjacent to an activating group) is 1. The Labute approximate surface area is 379 Å². The van der Waals surface area contributed by atoms with Gasteiger partial charge in [-0.05, 0) is 70.2 Å². The number of piperazine rings is 1. The van der Waals surface area contributed by atoms with Gasteiger partial charge >= 0.3 is 0 Å². The summed E-state index contributed by atoms with van der Waals surface area (Å²) >= 11 is 6.37. The number of nitrogens with zero attached hydrogens (tertiary/aromatic N) is 7. The second-order valence-electron chi connectivity index (χ2n) is 17.3. The molecule has 5 aliphatic rings. The number of piperidine rings is 2. The Morgan fingerprint density at radius 3 is 2.38 bits per heavy atom. The highest BCUT2D eigenvalue weighted by Gasteiger charge is 2.43. The van der Waals surface area contributed by atoms with Gasteiger partial charge in [-0.2, -0.15) is 4.98 Å². The van der Waals surface area contributed by atoms with E-state index in [1.54, 1.807) is 16.8 Å². The number of hydrogen-bond acceptors (Lipinski definition) is 13. The van der Waals surface area contributed by atoms with E-state index in [0.717, 1.165) is 30.1 Å². The molecule has 17 nitrogen and oxygen atoms in total. The van der Waals surface area contributed by atoms with Crippen LogP contribution in [0.1, 0.15) is 80.8 Å². The molecule has 4 amide bonds. The molecular formula is C45H53ClF2N10O7. The topological polar surface area (TPSA) is 195 Å². The molecule has 20 heteroatoms. The van der Waals surface area contributed by atoms with Crippen LogP contribution in [-0.4, -0.2) is 124 Å². The standard InChI is InChI=1S/C24H29ClN6O4.C21H24F2N4O3/c1-14(2)31-19-5-4-16(10-15(19)11-20(23(31)34)35-13-21(33)26-3)28-22-18(25)12-27-24(29-22)30-8-6-17(32)7-9-30;22-14-10-16(26-8-6-25(7-9-26)12-2-1-3-12)18-13(19(14)23)11-27(21(18)30)15-4-5-17(28)24-20(15)29/h4-5,10-12,14,17,32H,6-9,13H2,1-3H3,(H,26,33)(H,27,28,29);10,12,15H,1-9,11H2,(H,24,28,29). The molecule has 65 heavy (non-hydrogen) atoms. The molecule has 4 aliphatic heterocycles. The normalized spacial score (nSPS) is 19.5. The molecule has 6 heterocycles. The molecule has 0 bridgehead atoms. The van der Waals surface area contributed by atoms with Crippen molar-refractivity contribution in [1.82, 2.24) is 35.0 Å². The van der Waals surface area contributed by atoms with Gasteiger partial charge in [-0.15, -0.1) is 0 Å². The zero-order valence-electron chi connectivity index (χ0n) is 36.5. The highest BCUT2D eigenvalue weighted by Crippen LogP contribution is 2.38. The van der Waals surface area contributed by atoms with Crippen LogP contribution in [0.25, 0.3) is 10.9 Å². The number of nitrogens with one attached hydrogen (secondary N) is 3. The van der Waals surface area contributed by atoms with Gasteiger partial charge in [0.1, 0.15) is 11.1 Å². The number of pyridine rings is 1. The lowest BCUT2D eigenvalue weighted by molar-refractivity contribution is -0.137. The smallest absolute Gasteiger partial charge is 0.293 e. The molecule has 4 N–H and O–H groups in total. The van der Waals surface area contributed by atoms with Crippen molar-refractivity contribution in [3.63, 3.8) is 0 Å². The van der Waals surface area contributed by atoms with Gasteiger partial charge in [0.15, 0.2) is 29.8 Å². The number of anilines is 4. The first-order valence-corrected chi connectivity index (χ1v) is 22.5. The van der Waals surface area contributed by atoms with E-state index >= 15 is 0 Å². The first kappa shape index (κ1) is 45.6. The summed E-state index contributed by atoms with van der Waals surface area (Å²) in [7, 11) is 1.51. The summed E-state index contributed by atoms with van der Waals surface area (Å²) in [6.07, 6.45) is 6.57. The molecule has 0 radical (unpaired) electrons. The summed E-state index contributed by atoms with van der Waals surface area (Å²) in [6, 6.07) is 7.96. The summed E-state index contributed by atoms with van der Waals surface area (Å²) in [6.45, 7) is 7.67. The molecule has 346 valence electrons. The number of ether oxygens (including phenoxy) is 1. The number of halogens is 3. The van der Waals surface area contributed by atoms with Crippen LogP contribution in [0.15, 0.2) is 41.3 Å². The van der Waals surface area contributed by atoms with Crippen molar-refractivity contribution >= 4 is 69.3 Å². The van der Waals surface area contributed by atoms with Crippen LogP contribution in [0.3, 0.4) is 0 Å². The van der Waals surface area contributed by atoms with Crippen molar-refractivity contribution in [2.24, 2.45) is 0 Å². The van der Waals surface area contributed by atoms with Gasteiger partial charge < -0.3 is 39.7 Å². The fourth-order valence-electron chi connectivity index (χ4n) is 9.03. The molecule has 2 aromatic carbocycles. The maximum atomic E-state index is 14.6.